The van der Waals surface area contributed by atoms with Gasteiger partial charge in [-0.2, -0.15) is 0 Å². The van der Waals surface area contributed by atoms with Gasteiger partial charge in [-0.15, -0.1) is 0 Å². The molecule has 3 nitrogen and oxygen atoms in total. The minimum Gasteiger partial charge on any atom is -0.370 e. The molecule has 78 valence electrons. The molecule has 0 bridgehead atoms. The molecule has 0 atom stereocenters. The largest absolute Gasteiger partial charge is 0.370 e. The highest BCUT2D eigenvalue weighted by atomic mass is 19.1. The number of nitrogens with one attached hydrogen (secondary N) is 2. The molecule has 1 rings (SSSR count). The normalized spacial score (nSPS) is 10.1. The Hall–Kier alpha value is -1.16. The molecular formula is C10H16FN3. The van der Waals surface area contributed by atoms with Crippen LogP contribution in [0.25, 0.3) is 0 Å². The van der Waals surface area contributed by atoms with Crippen LogP contribution in [0.5, 0.6) is 0 Å². The van der Waals surface area contributed by atoms with Crippen molar-refractivity contribution in [2.24, 2.45) is 0 Å². The fraction of sp³-hybridized carbons (Fsp3) is 0.500. The molecule has 1 heterocycles. The highest BCUT2D eigenvalue weighted by Crippen LogP contribution is 2.02. The molecule has 0 saturated carbocycles. The molecule has 0 aliphatic carbocycles. The van der Waals surface area contributed by atoms with Gasteiger partial charge in [-0.05, 0) is 31.6 Å². The Morgan fingerprint density at radius 3 is 2.86 bits per heavy atom. The molecule has 14 heavy (non-hydrogen) atoms. The van der Waals surface area contributed by atoms with Crippen molar-refractivity contribution in [1.82, 2.24) is 10.3 Å². The Labute approximate surface area is 83.7 Å². The third-order valence-corrected chi connectivity index (χ3v) is 1.81. The summed E-state index contributed by atoms with van der Waals surface area (Å²) in [4.78, 5) is 3.89. The molecule has 0 radical (unpaired) electrons. The Kier molecular flexibility index (Phi) is 4.93. The molecule has 0 unspecified atom stereocenters. The lowest BCUT2D eigenvalue weighted by Crippen LogP contribution is -2.17. The van der Waals surface area contributed by atoms with E-state index in [-0.39, 0.29) is 5.82 Å². The Morgan fingerprint density at radius 2 is 2.21 bits per heavy atom. The number of anilines is 1. The zero-order valence-electron chi connectivity index (χ0n) is 8.39. The predicted octanol–water partition coefficient (Wildman–Crippen LogP) is 1.63. The maximum absolute atomic E-state index is 12.5. The summed E-state index contributed by atoms with van der Waals surface area (Å²) < 4.78 is 12.5. The molecular weight excluding hydrogens is 181 g/mol. The average Bonchev–Trinajstić information content (AvgIpc) is 2.21. The van der Waals surface area contributed by atoms with E-state index in [0.717, 1.165) is 31.9 Å². The second-order valence-corrected chi connectivity index (χ2v) is 3.00. The van der Waals surface area contributed by atoms with Crippen LogP contribution in [-0.4, -0.2) is 24.6 Å². The van der Waals surface area contributed by atoms with E-state index in [1.807, 2.05) is 0 Å². The lowest BCUT2D eigenvalue weighted by molar-refractivity contribution is 0.621. The van der Waals surface area contributed by atoms with Crippen LogP contribution in [0, 0.1) is 5.82 Å². The average molecular weight is 197 g/mol. The van der Waals surface area contributed by atoms with E-state index in [1.165, 1.54) is 12.3 Å². The van der Waals surface area contributed by atoms with Crippen molar-refractivity contribution >= 4 is 5.82 Å². The summed E-state index contributed by atoms with van der Waals surface area (Å²) in [6.45, 7) is 4.92. The molecule has 0 aliphatic heterocycles. The van der Waals surface area contributed by atoms with Gasteiger partial charge in [0.15, 0.2) is 0 Å². The van der Waals surface area contributed by atoms with E-state index in [4.69, 9.17) is 0 Å². The first-order valence-corrected chi connectivity index (χ1v) is 4.89. The number of hydrogen-bond donors (Lipinski definition) is 2. The zero-order chi connectivity index (χ0) is 10.2. The number of hydrogen-bond acceptors (Lipinski definition) is 3. The van der Waals surface area contributed by atoms with Crippen LogP contribution in [0.4, 0.5) is 10.2 Å². The molecule has 0 aliphatic rings. The second kappa shape index (κ2) is 6.32. The van der Waals surface area contributed by atoms with Gasteiger partial charge in [0.2, 0.25) is 0 Å². The minimum atomic E-state index is -0.303. The van der Waals surface area contributed by atoms with E-state index >= 15 is 0 Å². The van der Waals surface area contributed by atoms with Crippen molar-refractivity contribution in [3.8, 4) is 0 Å². The number of nitrogens with zero attached hydrogens (tertiary/aromatic N) is 1. The van der Waals surface area contributed by atoms with Crippen LogP contribution in [0.3, 0.4) is 0 Å². The van der Waals surface area contributed by atoms with Crippen molar-refractivity contribution in [2.75, 3.05) is 25.0 Å². The van der Waals surface area contributed by atoms with Gasteiger partial charge in [-0.1, -0.05) is 6.92 Å². The first-order valence-electron chi connectivity index (χ1n) is 4.89. The summed E-state index contributed by atoms with van der Waals surface area (Å²) in [6, 6.07) is 3.04. The van der Waals surface area contributed by atoms with Gasteiger partial charge in [0.05, 0.1) is 6.20 Å². The number of pyridine rings is 1. The molecule has 0 saturated heterocycles. The number of rotatable bonds is 6. The molecule has 1 aromatic rings. The maximum Gasteiger partial charge on any atom is 0.141 e. The summed E-state index contributed by atoms with van der Waals surface area (Å²) in [6.07, 6.45) is 2.25. The Balaban J connectivity index is 2.15. The second-order valence-electron chi connectivity index (χ2n) is 3.00. The first-order chi connectivity index (χ1) is 6.83. The van der Waals surface area contributed by atoms with Gasteiger partial charge >= 0.3 is 0 Å². The van der Waals surface area contributed by atoms with Gasteiger partial charge in [0.25, 0.3) is 0 Å². The third-order valence-electron chi connectivity index (χ3n) is 1.81. The van der Waals surface area contributed by atoms with E-state index in [0.29, 0.717) is 0 Å². The quantitative estimate of drug-likeness (QED) is 0.681. The van der Waals surface area contributed by atoms with Crippen molar-refractivity contribution in [2.45, 2.75) is 13.3 Å². The van der Waals surface area contributed by atoms with Crippen LogP contribution >= 0.6 is 0 Å². The van der Waals surface area contributed by atoms with E-state index in [2.05, 4.69) is 22.5 Å². The fourth-order valence-corrected chi connectivity index (χ4v) is 1.09. The van der Waals surface area contributed by atoms with E-state index < -0.39 is 0 Å². The Bertz CT molecular complexity index is 248. The molecule has 0 spiro atoms. The maximum atomic E-state index is 12.5. The molecule has 1 aromatic heterocycles. The Morgan fingerprint density at radius 1 is 1.36 bits per heavy atom. The van der Waals surface area contributed by atoms with E-state index in [9.17, 15) is 4.39 Å². The van der Waals surface area contributed by atoms with Crippen LogP contribution in [0.15, 0.2) is 18.3 Å². The van der Waals surface area contributed by atoms with Crippen molar-refractivity contribution in [3.05, 3.63) is 24.1 Å². The number of halogens is 1. The summed E-state index contributed by atoms with van der Waals surface area (Å²) in [5.41, 5.74) is 0. The van der Waals surface area contributed by atoms with E-state index in [1.54, 1.807) is 6.07 Å². The molecule has 0 fully saturated rings. The van der Waals surface area contributed by atoms with Gasteiger partial charge in [0, 0.05) is 6.54 Å². The molecule has 4 heteroatoms. The zero-order valence-corrected chi connectivity index (χ0v) is 8.39. The standard InChI is InChI=1S/C10H16FN3/c1-2-12-6-3-7-13-10-5-4-9(11)8-14-10/h4-5,8,12H,2-3,6-7H2,1H3,(H,13,14). The smallest absolute Gasteiger partial charge is 0.141 e. The van der Waals surface area contributed by atoms with Crippen molar-refractivity contribution < 1.29 is 4.39 Å². The van der Waals surface area contributed by atoms with Gasteiger partial charge in [0.1, 0.15) is 11.6 Å². The summed E-state index contributed by atoms with van der Waals surface area (Å²) >= 11 is 0. The molecule has 0 aromatic carbocycles. The lowest BCUT2D eigenvalue weighted by Gasteiger charge is -2.05. The summed E-state index contributed by atoms with van der Waals surface area (Å²) in [5, 5.41) is 6.34. The van der Waals surface area contributed by atoms with Crippen LogP contribution in [0.1, 0.15) is 13.3 Å². The van der Waals surface area contributed by atoms with Crippen LogP contribution in [-0.2, 0) is 0 Å². The summed E-state index contributed by atoms with van der Waals surface area (Å²) in [7, 11) is 0. The molecule has 2 N–H and O–H groups in total. The highest BCUT2D eigenvalue weighted by Gasteiger charge is 1.93. The van der Waals surface area contributed by atoms with Crippen LogP contribution in [0.2, 0.25) is 0 Å². The first kappa shape index (κ1) is 10.9. The van der Waals surface area contributed by atoms with Gasteiger partial charge < -0.3 is 10.6 Å². The summed E-state index contributed by atoms with van der Waals surface area (Å²) in [5.74, 6) is 0.422. The minimum absolute atomic E-state index is 0.303. The van der Waals surface area contributed by atoms with Gasteiger partial charge in [-0.25, -0.2) is 9.37 Å². The lowest BCUT2D eigenvalue weighted by atomic mass is 10.4. The highest BCUT2D eigenvalue weighted by molar-refractivity contribution is 5.33. The SMILES string of the molecule is CCNCCCNc1ccc(F)cn1. The fourth-order valence-electron chi connectivity index (χ4n) is 1.09. The van der Waals surface area contributed by atoms with Crippen LogP contribution < -0.4 is 10.6 Å². The third kappa shape index (κ3) is 4.18. The van der Waals surface area contributed by atoms with Crippen molar-refractivity contribution in [3.63, 3.8) is 0 Å². The van der Waals surface area contributed by atoms with Gasteiger partial charge in [-0.3, -0.25) is 0 Å². The van der Waals surface area contributed by atoms with Crippen molar-refractivity contribution in [1.29, 1.82) is 0 Å². The monoisotopic (exact) mass is 197 g/mol. The predicted molar refractivity (Wildman–Crippen MR) is 55.8 cm³/mol. The topological polar surface area (TPSA) is 37.0 Å². The molecule has 0 amide bonds. The number of aromatic nitrogens is 1.